The lowest BCUT2D eigenvalue weighted by Gasteiger charge is -2.15. The third-order valence-corrected chi connectivity index (χ3v) is 3.08. The lowest BCUT2D eigenvalue weighted by Crippen LogP contribution is -2.39. The predicted molar refractivity (Wildman–Crippen MR) is 84.1 cm³/mol. The molecule has 0 aliphatic rings. The van der Waals surface area contributed by atoms with Crippen LogP contribution in [0.1, 0.15) is 6.92 Å². The van der Waals surface area contributed by atoms with Crippen molar-refractivity contribution in [3.63, 3.8) is 0 Å². The zero-order valence-electron chi connectivity index (χ0n) is 12.2. The van der Waals surface area contributed by atoms with E-state index in [-0.39, 0.29) is 11.9 Å². The summed E-state index contributed by atoms with van der Waals surface area (Å²) in [6, 6.07) is 8.92. The molecule has 0 aliphatic heterocycles. The minimum Gasteiger partial charge on any atom is -0.399 e. The third-order valence-electron chi connectivity index (χ3n) is 3.08. The molecule has 0 aliphatic carbocycles. The number of hydrogen-bond donors (Lipinski definition) is 3. The molecule has 1 atom stereocenters. The first-order valence-electron chi connectivity index (χ1n) is 6.79. The number of nitrogens with two attached hydrogens (primary N) is 1. The molecule has 6 heteroatoms. The van der Waals surface area contributed by atoms with Crippen molar-refractivity contribution < 1.29 is 9.53 Å². The second-order valence-electron chi connectivity index (χ2n) is 4.80. The van der Waals surface area contributed by atoms with E-state index in [2.05, 4.69) is 15.6 Å². The van der Waals surface area contributed by atoms with E-state index in [1.807, 2.05) is 24.3 Å². The van der Waals surface area contributed by atoms with Gasteiger partial charge in [-0.2, -0.15) is 0 Å². The number of fused-ring (bicyclic) bond motifs is 1. The number of rotatable bonds is 6. The predicted octanol–water partition coefficient (Wildman–Crippen LogP) is 1.38. The highest BCUT2D eigenvalue weighted by molar-refractivity contribution is 5.86. The van der Waals surface area contributed by atoms with Crippen molar-refractivity contribution in [2.24, 2.45) is 0 Å². The van der Waals surface area contributed by atoms with E-state index in [9.17, 15) is 4.79 Å². The van der Waals surface area contributed by atoms with Crippen LogP contribution in [0.15, 0.2) is 30.3 Å². The van der Waals surface area contributed by atoms with Crippen molar-refractivity contribution >= 4 is 28.3 Å². The maximum Gasteiger partial charge on any atom is 0.242 e. The summed E-state index contributed by atoms with van der Waals surface area (Å²) < 4.78 is 4.89. The van der Waals surface area contributed by atoms with Gasteiger partial charge in [-0.15, -0.1) is 0 Å². The fourth-order valence-electron chi connectivity index (χ4n) is 1.94. The quantitative estimate of drug-likeness (QED) is 0.552. The fraction of sp³-hybridized carbons (Fsp3) is 0.333. The first-order chi connectivity index (χ1) is 10.1. The van der Waals surface area contributed by atoms with Gasteiger partial charge in [0.05, 0.1) is 12.1 Å². The molecule has 0 saturated heterocycles. The Hall–Kier alpha value is -2.34. The van der Waals surface area contributed by atoms with Gasteiger partial charge in [-0.3, -0.25) is 4.79 Å². The molecule has 1 amide bonds. The molecule has 0 bridgehead atoms. The number of benzene rings is 1. The average Bonchev–Trinajstić information content (AvgIpc) is 2.47. The Morgan fingerprint density at radius 3 is 2.95 bits per heavy atom. The van der Waals surface area contributed by atoms with E-state index in [0.29, 0.717) is 24.7 Å². The van der Waals surface area contributed by atoms with Crippen LogP contribution in [-0.2, 0) is 9.53 Å². The number of hydrogen-bond acceptors (Lipinski definition) is 5. The highest BCUT2D eigenvalue weighted by atomic mass is 16.5. The first kappa shape index (κ1) is 15.1. The summed E-state index contributed by atoms with van der Waals surface area (Å²) in [5.41, 5.74) is 7.27. The van der Waals surface area contributed by atoms with E-state index in [4.69, 9.17) is 10.5 Å². The number of aromatic nitrogens is 1. The van der Waals surface area contributed by atoms with Crippen LogP contribution in [0.5, 0.6) is 0 Å². The molecule has 112 valence electrons. The Morgan fingerprint density at radius 1 is 1.38 bits per heavy atom. The number of carbonyl (C=O) groups excluding carboxylic acids is 1. The molecule has 4 N–H and O–H groups in total. The third kappa shape index (κ3) is 4.06. The average molecular weight is 288 g/mol. The molecule has 6 nitrogen and oxygen atoms in total. The summed E-state index contributed by atoms with van der Waals surface area (Å²) in [5, 5.41) is 6.83. The Morgan fingerprint density at radius 2 is 2.19 bits per heavy atom. The summed E-state index contributed by atoms with van der Waals surface area (Å²) in [4.78, 5) is 16.3. The summed E-state index contributed by atoms with van der Waals surface area (Å²) in [5.74, 6) is 0.563. The van der Waals surface area contributed by atoms with E-state index >= 15 is 0 Å². The number of nitrogens with one attached hydrogen (secondary N) is 2. The molecule has 1 heterocycles. The summed E-state index contributed by atoms with van der Waals surface area (Å²) in [6.07, 6.45) is 0. The molecule has 0 fully saturated rings. The highest BCUT2D eigenvalue weighted by Gasteiger charge is 2.12. The highest BCUT2D eigenvalue weighted by Crippen LogP contribution is 2.18. The Labute approximate surface area is 123 Å². The minimum atomic E-state index is -0.374. The molecule has 1 aromatic heterocycles. The Balaban J connectivity index is 2.02. The molecule has 21 heavy (non-hydrogen) atoms. The van der Waals surface area contributed by atoms with Gasteiger partial charge < -0.3 is 21.1 Å². The fourth-order valence-corrected chi connectivity index (χ4v) is 1.94. The monoisotopic (exact) mass is 288 g/mol. The molecule has 0 saturated carbocycles. The van der Waals surface area contributed by atoms with Crippen molar-refractivity contribution in [3.8, 4) is 0 Å². The minimum absolute atomic E-state index is 0.0914. The van der Waals surface area contributed by atoms with Crippen LogP contribution >= 0.6 is 0 Å². The second kappa shape index (κ2) is 6.90. The van der Waals surface area contributed by atoms with Gasteiger partial charge in [0.25, 0.3) is 0 Å². The van der Waals surface area contributed by atoms with E-state index in [1.165, 1.54) is 0 Å². The van der Waals surface area contributed by atoms with Crippen molar-refractivity contribution in [2.75, 3.05) is 31.3 Å². The zero-order chi connectivity index (χ0) is 15.2. The van der Waals surface area contributed by atoms with Crippen LogP contribution < -0.4 is 16.4 Å². The summed E-state index contributed by atoms with van der Waals surface area (Å²) in [7, 11) is 1.60. The van der Waals surface area contributed by atoms with E-state index < -0.39 is 0 Å². The van der Waals surface area contributed by atoms with Crippen molar-refractivity contribution in [1.29, 1.82) is 0 Å². The van der Waals surface area contributed by atoms with Gasteiger partial charge in [0.15, 0.2) is 0 Å². The molecule has 0 spiro atoms. The maximum atomic E-state index is 11.9. The number of ether oxygens (including phenoxy) is 1. The summed E-state index contributed by atoms with van der Waals surface area (Å²) >= 11 is 0. The topological polar surface area (TPSA) is 89.3 Å². The van der Waals surface area contributed by atoms with Crippen molar-refractivity contribution in [2.45, 2.75) is 13.0 Å². The molecular weight excluding hydrogens is 268 g/mol. The largest absolute Gasteiger partial charge is 0.399 e. The number of anilines is 2. The standard InChI is InChI=1S/C15H20N4O2/c1-10(15(20)17-7-8-21-2)18-14-6-3-11-9-12(16)4-5-13(11)19-14/h3-6,9-10H,7-8,16H2,1-2H3,(H,17,20)(H,18,19). The maximum absolute atomic E-state index is 11.9. The smallest absolute Gasteiger partial charge is 0.242 e. The summed E-state index contributed by atoms with van der Waals surface area (Å²) in [6.45, 7) is 2.77. The number of nitrogens with zero attached hydrogens (tertiary/aromatic N) is 1. The van der Waals surface area contributed by atoms with Gasteiger partial charge in [0.2, 0.25) is 5.91 Å². The molecular formula is C15H20N4O2. The van der Waals surface area contributed by atoms with Gasteiger partial charge in [0, 0.05) is 24.7 Å². The SMILES string of the molecule is COCCNC(=O)C(C)Nc1ccc2cc(N)ccc2n1. The number of amides is 1. The van der Waals surface area contributed by atoms with Crippen LogP contribution in [0.3, 0.4) is 0 Å². The van der Waals surface area contributed by atoms with Gasteiger partial charge in [0.1, 0.15) is 11.9 Å². The van der Waals surface area contributed by atoms with Crippen LogP contribution in [0.25, 0.3) is 10.9 Å². The van der Waals surface area contributed by atoms with Gasteiger partial charge in [-0.1, -0.05) is 0 Å². The van der Waals surface area contributed by atoms with E-state index in [1.54, 1.807) is 20.1 Å². The first-order valence-corrected chi connectivity index (χ1v) is 6.79. The number of methoxy groups -OCH3 is 1. The normalized spacial score (nSPS) is 12.1. The van der Waals surface area contributed by atoms with Crippen molar-refractivity contribution in [1.82, 2.24) is 10.3 Å². The molecule has 0 radical (unpaired) electrons. The zero-order valence-corrected chi connectivity index (χ0v) is 12.2. The number of pyridine rings is 1. The van der Waals surface area contributed by atoms with Crippen LogP contribution in [0, 0.1) is 0 Å². The number of nitrogen functional groups attached to an aromatic ring is 1. The second-order valence-corrected chi connectivity index (χ2v) is 4.80. The van der Waals surface area contributed by atoms with Crippen LogP contribution in [0.4, 0.5) is 11.5 Å². The van der Waals surface area contributed by atoms with Gasteiger partial charge >= 0.3 is 0 Å². The molecule has 2 aromatic rings. The van der Waals surface area contributed by atoms with E-state index in [0.717, 1.165) is 10.9 Å². The lowest BCUT2D eigenvalue weighted by molar-refractivity contribution is -0.121. The van der Waals surface area contributed by atoms with Gasteiger partial charge in [-0.25, -0.2) is 4.98 Å². The lowest BCUT2D eigenvalue weighted by atomic mass is 10.2. The molecule has 1 aromatic carbocycles. The Kier molecular flexibility index (Phi) is 4.94. The Bertz CT molecular complexity index is 630. The molecule has 1 unspecified atom stereocenters. The molecule has 2 rings (SSSR count). The number of carbonyl (C=O) groups is 1. The van der Waals surface area contributed by atoms with Crippen molar-refractivity contribution in [3.05, 3.63) is 30.3 Å². The van der Waals surface area contributed by atoms with Crippen LogP contribution in [-0.4, -0.2) is 37.2 Å². The van der Waals surface area contributed by atoms with Crippen LogP contribution in [0.2, 0.25) is 0 Å². The van der Waals surface area contributed by atoms with Gasteiger partial charge in [-0.05, 0) is 37.3 Å².